The fraction of sp³-hybridized carbons (Fsp3) is 0.182. The molecule has 0 unspecified atom stereocenters. The van der Waals surface area contributed by atoms with Crippen molar-refractivity contribution in [3.63, 3.8) is 0 Å². The third kappa shape index (κ3) is 7.06. The fourth-order valence-corrected chi connectivity index (χ4v) is 4.82. The molecule has 42 heavy (non-hydrogen) atoms. The minimum atomic E-state index is -1.12. The Labute approximate surface area is 242 Å². The number of hydrogen-bond acceptors (Lipinski definition) is 6. The summed E-state index contributed by atoms with van der Waals surface area (Å²) >= 11 is 0. The van der Waals surface area contributed by atoms with E-state index < -0.39 is 11.9 Å². The number of carbonyl (C=O) groups excluding carboxylic acids is 2. The van der Waals surface area contributed by atoms with Crippen LogP contribution < -0.4 is 20.1 Å². The smallest absolute Gasteiger partial charge is 0.337 e. The van der Waals surface area contributed by atoms with Gasteiger partial charge in [-0.3, -0.25) is 9.59 Å². The number of amides is 2. The number of ether oxygens (including phenoxy) is 2. The van der Waals surface area contributed by atoms with Crippen LogP contribution in [0.2, 0.25) is 0 Å². The van der Waals surface area contributed by atoms with Gasteiger partial charge < -0.3 is 30.3 Å². The Bertz CT molecular complexity index is 1560. The van der Waals surface area contributed by atoms with Crippen LogP contribution in [0.15, 0.2) is 97.1 Å². The number of carboxylic acid groups (broad SMARTS) is 1. The van der Waals surface area contributed by atoms with Gasteiger partial charge in [-0.1, -0.05) is 24.3 Å². The maximum absolute atomic E-state index is 12.6. The molecule has 0 bridgehead atoms. The molecule has 0 saturated heterocycles. The molecule has 1 fully saturated rings. The predicted molar refractivity (Wildman–Crippen MR) is 157 cm³/mol. The zero-order valence-electron chi connectivity index (χ0n) is 22.7. The maximum Gasteiger partial charge on any atom is 0.337 e. The third-order valence-electron chi connectivity index (χ3n) is 7.04. The first-order valence-corrected chi connectivity index (χ1v) is 13.6. The summed E-state index contributed by atoms with van der Waals surface area (Å²) in [5, 5.41) is 24.8. The van der Waals surface area contributed by atoms with Gasteiger partial charge >= 0.3 is 5.97 Å². The van der Waals surface area contributed by atoms with Gasteiger partial charge in [-0.15, -0.1) is 0 Å². The van der Waals surface area contributed by atoms with E-state index >= 15 is 0 Å². The van der Waals surface area contributed by atoms with E-state index in [1.165, 1.54) is 18.2 Å². The number of rotatable bonds is 9. The van der Waals surface area contributed by atoms with E-state index in [1.807, 2.05) is 12.1 Å². The number of para-hydroxylation sites is 2. The summed E-state index contributed by atoms with van der Waals surface area (Å²) in [5.41, 5.74) is 0.874. The Hall–Kier alpha value is -5.31. The second-order valence-corrected chi connectivity index (χ2v) is 9.98. The molecule has 2 amide bonds. The number of benzene rings is 4. The Morgan fingerprint density at radius 1 is 0.667 bits per heavy atom. The van der Waals surface area contributed by atoms with Crippen LogP contribution in [-0.2, 0) is 0 Å². The Morgan fingerprint density at radius 2 is 1.24 bits per heavy atom. The van der Waals surface area contributed by atoms with Crippen molar-refractivity contribution in [1.29, 1.82) is 0 Å². The average Bonchev–Trinajstić information content (AvgIpc) is 3.00. The molecular weight excluding hydrogens is 536 g/mol. The van der Waals surface area contributed by atoms with E-state index in [9.17, 15) is 24.6 Å². The van der Waals surface area contributed by atoms with Crippen LogP contribution in [0, 0.1) is 0 Å². The van der Waals surface area contributed by atoms with Gasteiger partial charge in [-0.05, 0) is 98.5 Å². The SMILES string of the molecule is O=C(Nc1ccccc1C(=O)O)c1ccc(Oc2ccc(OC3CCC(NC(=O)c4ccccc4O)CC3)cc2)cc1. The monoisotopic (exact) mass is 566 g/mol. The standard InChI is InChI=1S/C33H30N2O7/c36-30-8-4-2-6-28(30)32(38)34-22-11-15-24(16-12-22)42-26-19-17-25(18-20-26)41-23-13-9-21(10-14-23)31(37)35-29-7-3-1-5-27(29)33(39)40/h1-10,13-14,17-20,22,24,36H,11-12,15-16H2,(H,34,38)(H,35,37)(H,39,40). The summed E-state index contributed by atoms with van der Waals surface area (Å²) in [7, 11) is 0. The normalized spacial score (nSPS) is 16.2. The molecular formula is C33H30N2O7. The van der Waals surface area contributed by atoms with Crippen molar-refractivity contribution in [2.75, 3.05) is 5.32 Å². The number of anilines is 1. The molecule has 5 rings (SSSR count). The summed E-state index contributed by atoms with van der Waals surface area (Å²) in [6.45, 7) is 0. The van der Waals surface area contributed by atoms with E-state index in [2.05, 4.69) is 10.6 Å². The van der Waals surface area contributed by atoms with Gasteiger partial charge in [-0.25, -0.2) is 4.79 Å². The number of nitrogens with one attached hydrogen (secondary N) is 2. The van der Waals surface area contributed by atoms with Gasteiger partial charge in [0.2, 0.25) is 0 Å². The van der Waals surface area contributed by atoms with Crippen LogP contribution >= 0.6 is 0 Å². The van der Waals surface area contributed by atoms with Crippen molar-refractivity contribution in [2.24, 2.45) is 0 Å². The first-order chi connectivity index (χ1) is 20.4. The summed E-state index contributed by atoms with van der Waals surface area (Å²) in [6.07, 6.45) is 3.20. The van der Waals surface area contributed by atoms with E-state index in [-0.39, 0.29) is 40.6 Å². The summed E-state index contributed by atoms with van der Waals surface area (Å²) in [5.74, 6) is 0.0144. The number of phenols is 1. The van der Waals surface area contributed by atoms with Crippen molar-refractivity contribution in [2.45, 2.75) is 37.8 Å². The number of hydrogen-bond donors (Lipinski definition) is 4. The summed E-state index contributed by atoms with van der Waals surface area (Å²) < 4.78 is 12.0. The Morgan fingerprint density at radius 3 is 1.88 bits per heavy atom. The molecule has 1 aliphatic rings. The van der Waals surface area contributed by atoms with Gasteiger partial charge in [-0.2, -0.15) is 0 Å². The average molecular weight is 567 g/mol. The van der Waals surface area contributed by atoms with Crippen LogP contribution in [0.4, 0.5) is 5.69 Å². The molecule has 0 spiro atoms. The van der Waals surface area contributed by atoms with Crippen LogP contribution in [0.1, 0.15) is 56.8 Å². The first kappa shape index (κ1) is 28.2. The number of aromatic hydroxyl groups is 1. The van der Waals surface area contributed by atoms with E-state index in [0.29, 0.717) is 17.1 Å². The molecule has 0 aliphatic heterocycles. The molecule has 1 aliphatic carbocycles. The van der Waals surface area contributed by atoms with Gasteiger partial charge in [0.1, 0.15) is 23.0 Å². The molecule has 4 N–H and O–H groups in total. The Balaban J connectivity index is 1.09. The molecule has 1 saturated carbocycles. The first-order valence-electron chi connectivity index (χ1n) is 13.6. The molecule has 4 aromatic rings. The number of carbonyl (C=O) groups is 3. The molecule has 214 valence electrons. The highest BCUT2D eigenvalue weighted by atomic mass is 16.5. The number of phenolic OH excluding ortho intramolecular Hbond substituents is 1. The number of aromatic carboxylic acids is 1. The van der Waals surface area contributed by atoms with Gasteiger partial charge in [0.15, 0.2) is 0 Å². The van der Waals surface area contributed by atoms with Crippen molar-refractivity contribution in [1.82, 2.24) is 5.32 Å². The van der Waals surface area contributed by atoms with Crippen LogP contribution in [-0.4, -0.2) is 40.1 Å². The third-order valence-corrected chi connectivity index (χ3v) is 7.04. The zero-order chi connectivity index (χ0) is 29.5. The molecule has 0 radical (unpaired) electrons. The lowest BCUT2D eigenvalue weighted by Crippen LogP contribution is -2.39. The lowest BCUT2D eigenvalue weighted by Gasteiger charge is -2.29. The highest BCUT2D eigenvalue weighted by molar-refractivity contribution is 6.07. The van der Waals surface area contributed by atoms with Crippen LogP contribution in [0.3, 0.4) is 0 Å². The van der Waals surface area contributed by atoms with Crippen molar-refractivity contribution >= 4 is 23.5 Å². The minimum Gasteiger partial charge on any atom is -0.507 e. The molecule has 9 heteroatoms. The Kier molecular flexibility index (Phi) is 8.67. The molecule has 0 heterocycles. The highest BCUT2D eigenvalue weighted by Crippen LogP contribution is 2.28. The van der Waals surface area contributed by atoms with E-state index in [1.54, 1.807) is 66.7 Å². The van der Waals surface area contributed by atoms with E-state index in [4.69, 9.17) is 9.47 Å². The second kappa shape index (κ2) is 12.9. The largest absolute Gasteiger partial charge is 0.507 e. The van der Waals surface area contributed by atoms with Crippen molar-refractivity contribution in [3.05, 3.63) is 114 Å². The molecule has 4 aromatic carbocycles. The lowest BCUT2D eigenvalue weighted by molar-refractivity contribution is 0.0697. The zero-order valence-corrected chi connectivity index (χ0v) is 22.7. The fourth-order valence-electron chi connectivity index (χ4n) is 4.82. The topological polar surface area (TPSA) is 134 Å². The van der Waals surface area contributed by atoms with Crippen LogP contribution in [0.5, 0.6) is 23.0 Å². The highest BCUT2D eigenvalue weighted by Gasteiger charge is 2.24. The quantitative estimate of drug-likeness (QED) is 0.188. The van der Waals surface area contributed by atoms with E-state index in [0.717, 1.165) is 31.4 Å². The predicted octanol–water partition coefficient (Wildman–Crippen LogP) is 6.26. The minimum absolute atomic E-state index is 0.0140. The van der Waals surface area contributed by atoms with Gasteiger partial charge in [0, 0.05) is 11.6 Å². The van der Waals surface area contributed by atoms with Crippen molar-refractivity contribution < 1.29 is 34.1 Å². The summed E-state index contributed by atoms with van der Waals surface area (Å²) in [6, 6.07) is 26.6. The van der Waals surface area contributed by atoms with Crippen LogP contribution in [0.25, 0.3) is 0 Å². The number of carboxylic acids is 1. The van der Waals surface area contributed by atoms with Gasteiger partial charge in [0.25, 0.3) is 11.8 Å². The molecule has 0 aromatic heterocycles. The second-order valence-electron chi connectivity index (χ2n) is 9.98. The molecule has 0 atom stereocenters. The maximum atomic E-state index is 12.6. The lowest BCUT2D eigenvalue weighted by atomic mass is 9.92. The van der Waals surface area contributed by atoms with Gasteiger partial charge in [0.05, 0.1) is 22.9 Å². The van der Waals surface area contributed by atoms with Crippen molar-refractivity contribution in [3.8, 4) is 23.0 Å². The molecule has 9 nitrogen and oxygen atoms in total. The summed E-state index contributed by atoms with van der Waals surface area (Å²) in [4.78, 5) is 36.5.